The van der Waals surface area contributed by atoms with Gasteiger partial charge in [-0.2, -0.15) is 0 Å². The fourth-order valence-corrected chi connectivity index (χ4v) is 4.33. The van der Waals surface area contributed by atoms with Crippen molar-refractivity contribution in [3.05, 3.63) is 41.5 Å². The Labute approximate surface area is 186 Å². The molecule has 0 aliphatic carbocycles. The van der Waals surface area contributed by atoms with Crippen molar-refractivity contribution in [1.29, 1.82) is 0 Å². The van der Waals surface area contributed by atoms with Crippen molar-refractivity contribution in [3.63, 3.8) is 0 Å². The Bertz CT molecular complexity index is 865. The first kappa shape index (κ1) is 24.6. The average Bonchev–Trinajstić information content (AvgIpc) is 2.73. The summed E-state index contributed by atoms with van der Waals surface area (Å²) < 4.78 is 0. The minimum Gasteiger partial charge on any atom is -0.349 e. The van der Waals surface area contributed by atoms with E-state index in [0.717, 1.165) is 12.8 Å². The predicted octanol–water partition coefficient (Wildman–Crippen LogP) is 4.53. The van der Waals surface area contributed by atoms with Gasteiger partial charge < -0.3 is 15.5 Å². The number of nitrogens with one attached hydrogen (secondary N) is 2. The van der Waals surface area contributed by atoms with Crippen LogP contribution in [-0.2, 0) is 9.59 Å². The van der Waals surface area contributed by atoms with E-state index < -0.39 is 23.4 Å². The van der Waals surface area contributed by atoms with Gasteiger partial charge >= 0.3 is 0 Å². The van der Waals surface area contributed by atoms with E-state index in [0.29, 0.717) is 24.2 Å². The van der Waals surface area contributed by atoms with Crippen molar-refractivity contribution in [1.82, 2.24) is 10.2 Å². The summed E-state index contributed by atoms with van der Waals surface area (Å²) >= 11 is 0. The number of carbonyl (C=O) groups excluding carboxylic acids is 3. The zero-order valence-corrected chi connectivity index (χ0v) is 20.0. The molecule has 1 aromatic rings. The van der Waals surface area contributed by atoms with Crippen molar-refractivity contribution >= 4 is 23.4 Å². The number of rotatable bonds is 7. The maximum atomic E-state index is 13.4. The fraction of sp³-hybridized carbons (Fsp3) is 0.560. The lowest BCUT2D eigenvalue weighted by molar-refractivity contribution is -0.134. The number of nitrogens with zero attached hydrogens (tertiary/aromatic N) is 1. The van der Waals surface area contributed by atoms with Gasteiger partial charge in [0, 0.05) is 12.1 Å². The summed E-state index contributed by atoms with van der Waals surface area (Å²) in [5.74, 6) is -1.23. The molecule has 0 radical (unpaired) electrons. The molecule has 0 saturated heterocycles. The normalized spacial score (nSPS) is 17.7. The van der Waals surface area contributed by atoms with Crippen LogP contribution in [0.25, 0.3) is 0 Å². The molecule has 6 heteroatoms. The summed E-state index contributed by atoms with van der Waals surface area (Å²) in [7, 11) is 0. The first-order chi connectivity index (χ1) is 14.3. The first-order valence-corrected chi connectivity index (χ1v) is 11.0. The highest BCUT2D eigenvalue weighted by atomic mass is 16.2. The Balaban J connectivity index is 2.35. The number of hydrogen-bond acceptors (Lipinski definition) is 3. The third-order valence-electron chi connectivity index (χ3n) is 5.38. The molecule has 2 N–H and O–H groups in total. The van der Waals surface area contributed by atoms with Crippen LogP contribution in [0, 0.1) is 5.41 Å². The second-order valence-electron chi connectivity index (χ2n) is 10.3. The van der Waals surface area contributed by atoms with Crippen molar-refractivity contribution in [2.45, 2.75) is 79.3 Å². The maximum absolute atomic E-state index is 13.4. The van der Waals surface area contributed by atoms with Gasteiger partial charge in [0.15, 0.2) is 6.04 Å². The Morgan fingerprint density at radius 2 is 1.81 bits per heavy atom. The zero-order chi connectivity index (χ0) is 23.4. The van der Waals surface area contributed by atoms with Gasteiger partial charge in [-0.05, 0) is 64.5 Å². The lowest BCUT2D eigenvalue weighted by atomic mass is 9.81. The lowest BCUT2D eigenvalue weighted by Gasteiger charge is -2.36. The summed E-state index contributed by atoms with van der Waals surface area (Å²) in [6.07, 6.45) is 4.24. The van der Waals surface area contributed by atoms with E-state index in [-0.39, 0.29) is 11.3 Å². The largest absolute Gasteiger partial charge is 0.349 e. The standard InChI is InChI=1S/C25H37N3O3/c1-8-17(2)12-11-15-28-20(22(30)27-25(6,7)16-24(3,4)5)21(29)26-19-14-10-9-13-18(19)23(28)31/h8-10,13-14,20H,11-12,15-16H2,1-7H3,(H,26,29)(H,27,30)/b17-8+. The van der Waals surface area contributed by atoms with Crippen LogP contribution in [0.2, 0.25) is 0 Å². The van der Waals surface area contributed by atoms with Crippen molar-refractivity contribution in [2.75, 3.05) is 11.9 Å². The van der Waals surface area contributed by atoms with Gasteiger partial charge in [0.1, 0.15) is 0 Å². The third-order valence-corrected chi connectivity index (χ3v) is 5.38. The third kappa shape index (κ3) is 6.68. The molecule has 3 amide bonds. The summed E-state index contributed by atoms with van der Waals surface area (Å²) in [5.41, 5.74) is 1.53. The number of amides is 3. The Morgan fingerprint density at radius 3 is 2.42 bits per heavy atom. The van der Waals surface area contributed by atoms with E-state index in [1.54, 1.807) is 24.3 Å². The van der Waals surface area contributed by atoms with Crippen LogP contribution in [0.5, 0.6) is 0 Å². The minimum atomic E-state index is -1.22. The van der Waals surface area contributed by atoms with Gasteiger partial charge in [0.25, 0.3) is 17.7 Å². The van der Waals surface area contributed by atoms with E-state index >= 15 is 0 Å². The van der Waals surface area contributed by atoms with Gasteiger partial charge in [-0.25, -0.2) is 0 Å². The highest BCUT2D eigenvalue weighted by Crippen LogP contribution is 2.28. The second kappa shape index (κ2) is 9.67. The van der Waals surface area contributed by atoms with Crippen LogP contribution in [0.3, 0.4) is 0 Å². The molecule has 31 heavy (non-hydrogen) atoms. The molecule has 1 aromatic carbocycles. The molecular weight excluding hydrogens is 390 g/mol. The van der Waals surface area contributed by atoms with Crippen molar-refractivity contribution in [2.24, 2.45) is 5.41 Å². The van der Waals surface area contributed by atoms with E-state index in [2.05, 4.69) is 31.4 Å². The molecular formula is C25H37N3O3. The lowest BCUT2D eigenvalue weighted by Crippen LogP contribution is -2.58. The molecule has 2 rings (SSSR count). The van der Waals surface area contributed by atoms with E-state index in [4.69, 9.17) is 0 Å². The van der Waals surface area contributed by atoms with Crippen LogP contribution in [0.15, 0.2) is 35.9 Å². The van der Waals surface area contributed by atoms with Crippen LogP contribution in [-0.4, -0.2) is 40.7 Å². The molecule has 0 saturated carbocycles. The second-order valence-corrected chi connectivity index (χ2v) is 10.3. The first-order valence-electron chi connectivity index (χ1n) is 11.0. The molecule has 0 spiro atoms. The van der Waals surface area contributed by atoms with E-state index in [1.165, 1.54) is 10.5 Å². The Kier molecular flexibility index (Phi) is 7.68. The van der Waals surface area contributed by atoms with Crippen LogP contribution >= 0.6 is 0 Å². The average molecular weight is 428 g/mol. The highest BCUT2D eigenvalue weighted by molar-refractivity contribution is 6.17. The molecule has 0 bridgehead atoms. The van der Waals surface area contributed by atoms with Gasteiger partial charge in [0.2, 0.25) is 0 Å². The molecule has 170 valence electrons. The number of benzene rings is 1. The van der Waals surface area contributed by atoms with Crippen molar-refractivity contribution < 1.29 is 14.4 Å². The number of hydrogen-bond donors (Lipinski definition) is 2. The SMILES string of the molecule is C/C=C(\C)CCCN1C(=O)c2ccccc2NC(=O)C1C(=O)NC(C)(C)CC(C)(C)C. The predicted molar refractivity (Wildman–Crippen MR) is 125 cm³/mol. The summed E-state index contributed by atoms with van der Waals surface area (Å²) in [5, 5.41) is 5.81. The van der Waals surface area contributed by atoms with Gasteiger partial charge in [-0.3, -0.25) is 14.4 Å². The molecule has 1 unspecified atom stereocenters. The van der Waals surface area contributed by atoms with Gasteiger partial charge in [0.05, 0.1) is 11.3 Å². The Morgan fingerprint density at radius 1 is 1.16 bits per heavy atom. The van der Waals surface area contributed by atoms with Crippen molar-refractivity contribution in [3.8, 4) is 0 Å². The monoisotopic (exact) mass is 427 g/mol. The minimum absolute atomic E-state index is 0.00174. The molecule has 1 aliphatic heterocycles. The van der Waals surface area contributed by atoms with Gasteiger partial charge in [-0.1, -0.05) is 44.6 Å². The molecule has 1 heterocycles. The summed E-state index contributed by atoms with van der Waals surface area (Å²) in [6.45, 7) is 14.5. The number of fused-ring (bicyclic) bond motifs is 1. The quantitative estimate of drug-likeness (QED) is 0.496. The van der Waals surface area contributed by atoms with Gasteiger partial charge in [-0.15, -0.1) is 0 Å². The number of allylic oxidation sites excluding steroid dienone is 2. The number of para-hydroxylation sites is 1. The molecule has 6 nitrogen and oxygen atoms in total. The number of anilines is 1. The number of carbonyl (C=O) groups is 3. The fourth-order valence-electron chi connectivity index (χ4n) is 4.33. The maximum Gasteiger partial charge on any atom is 0.257 e. The molecule has 1 atom stereocenters. The highest BCUT2D eigenvalue weighted by Gasteiger charge is 2.41. The van der Waals surface area contributed by atoms with E-state index in [1.807, 2.05) is 33.8 Å². The van der Waals surface area contributed by atoms with E-state index in [9.17, 15) is 14.4 Å². The molecule has 1 aliphatic rings. The Hall–Kier alpha value is -2.63. The summed E-state index contributed by atoms with van der Waals surface area (Å²) in [6, 6.07) is 5.69. The van der Waals surface area contributed by atoms with Crippen LogP contribution < -0.4 is 10.6 Å². The summed E-state index contributed by atoms with van der Waals surface area (Å²) in [4.78, 5) is 41.3. The van der Waals surface area contributed by atoms with Crippen LogP contribution in [0.1, 0.15) is 78.1 Å². The van der Waals surface area contributed by atoms with Crippen LogP contribution in [0.4, 0.5) is 5.69 Å². The molecule has 0 fully saturated rings. The molecule has 0 aromatic heterocycles. The smallest absolute Gasteiger partial charge is 0.257 e. The topological polar surface area (TPSA) is 78.5 Å². The zero-order valence-electron chi connectivity index (χ0n) is 20.0.